The number of methoxy groups -OCH3 is 1. The van der Waals surface area contributed by atoms with Gasteiger partial charge in [-0.15, -0.1) is 0 Å². The smallest absolute Gasteiger partial charge is 0.293 e. The van der Waals surface area contributed by atoms with Crippen molar-refractivity contribution in [3.8, 4) is 5.75 Å². The van der Waals surface area contributed by atoms with E-state index < -0.39 is 0 Å². The molecule has 26 heavy (non-hydrogen) atoms. The van der Waals surface area contributed by atoms with E-state index in [1.165, 1.54) is 0 Å². The molecule has 6 heteroatoms. The first-order chi connectivity index (χ1) is 12.2. The van der Waals surface area contributed by atoms with Crippen LogP contribution in [0.25, 0.3) is 0 Å². The van der Waals surface area contributed by atoms with Crippen LogP contribution in [0.3, 0.4) is 0 Å². The minimum atomic E-state index is -0.0982. The lowest BCUT2D eigenvalue weighted by Gasteiger charge is -2.33. The average Bonchev–Trinajstić information content (AvgIpc) is 2.65. The van der Waals surface area contributed by atoms with Crippen molar-refractivity contribution in [1.29, 1.82) is 0 Å². The van der Waals surface area contributed by atoms with Crippen LogP contribution in [0.4, 0.5) is 5.69 Å². The van der Waals surface area contributed by atoms with Gasteiger partial charge in [0.05, 0.1) is 26.4 Å². The third-order valence-corrected chi connectivity index (χ3v) is 4.35. The van der Waals surface area contributed by atoms with Crippen molar-refractivity contribution < 1.29 is 31.2 Å². The Kier molecular flexibility index (Phi) is 7.18. The molecule has 2 heterocycles. The molecule has 1 atom stereocenters. The van der Waals surface area contributed by atoms with Crippen LogP contribution >= 0.6 is 0 Å². The van der Waals surface area contributed by atoms with Gasteiger partial charge in [0.1, 0.15) is 5.75 Å². The Hall–Kier alpha value is -2.37. The molecule has 0 aliphatic carbocycles. The van der Waals surface area contributed by atoms with Gasteiger partial charge in [0.25, 0.3) is 5.91 Å². The number of hydrogen-bond donors (Lipinski definition) is 0. The largest absolute Gasteiger partial charge is 1.00 e. The fraction of sp³-hybridized carbons (Fsp3) is 0.300. The normalized spacial score (nSPS) is 16.2. The Bertz CT molecular complexity index is 747. The van der Waals surface area contributed by atoms with Crippen LogP contribution in [0.15, 0.2) is 66.5 Å². The number of nitrogens with zero attached hydrogens (tertiary/aromatic N) is 2. The monoisotopic (exact) mass is 374 g/mol. The summed E-state index contributed by atoms with van der Waals surface area (Å²) in [6.07, 6.45) is 5.82. The van der Waals surface area contributed by atoms with Gasteiger partial charge in [-0.25, -0.2) is 0 Å². The maximum absolute atomic E-state index is 13.1. The third kappa shape index (κ3) is 4.62. The van der Waals surface area contributed by atoms with Crippen LogP contribution in [-0.2, 0) is 16.1 Å². The lowest BCUT2D eigenvalue weighted by molar-refractivity contribution is -0.684. The molecule has 1 aromatic heterocycles. The fourth-order valence-corrected chi connectivity index (χ4v) is 2.93. The second kappa shape index (κ2) is 9.36. The number of pyridine rings is 1. The number of rotatable bonds is 5. The van der Waals surface area contributed by atoms with Gasteiger partial charge in [0.15, 0.2) is 12.4 Å². The maximum Gasteiger partial charge on any atom is 0.293 e. The molecule has 0 N–H and O–H groups in total. The molecule has 138 valence electrons. The second-order valence-electron chi connectivity index (χ2n) is 6.01. The Morgan fingerprint density at radius 2 is 1.92 bits per heavy atom. The average molecular weight is 375 g/mol. The Balaban J connectivity index is 0.00000243. The van der Waals surface area contributed by atoms with Gasteiger partial charge in [0, 0.05) is 17.8 Å². The topological polar surface area (TPSA) is 42.7 Å². The highest BCUT2D eigenvalue weighted by Gasteiger charge is 2.30. The zero-order valence-corrected chi connectivity index (χ0v) is 15.7. The summed E-state index contributed by atoms with van der Waals surface area (Å²) in [7, 11) is 1.63. The van der Waals surface area contributed by atoms with Crippen LogP contribution in [0.2, 0.25) is 0 Å². The van der Waals surface area contributed by atoms with Crippen LogP contribution in [0, 0.1) is 0 Å². The number of anilines is 1. The van der Waals surface area contributed by atoms with Crippen molar-refractivity contribution in [1.82, 2.24) is 0 Å². The number of aromatic nitrogens is 1. The minimum Gasteiger partial charge on any atom is -1.00 e. The maximum atomic E-state index is 13.1. The molecule has 0 fully saturated rings. The molecule has 5 nitrogen and oxygen atoms in total. The summed E-state index contributed by atoms with van der Waals surface area (Å²) in [6, 6.07) is 13.2. The van der Waals surface area contributed by atoms with E-state index in [0.717, 1.165) is 17.0 Å². The van der Waals surface area contributed by atoms with Crippen LogP contribution in [0.1, 0.15) is 6.92 Å². The van der Waals surface area contributed by atoms with E-state index >= 15 is 0 Å². The molecule has 3 rings (SSSR count). The molecule has 1 aliphatic rings. The van der Waals surface area contributed by atoms with E-state index in [-0.39, 0.29) is 30.9 Å². The Labute approximate surface area is 160 Å². The molecule has 0 radical (unpaired) electrons. The summed E-state index contributed by atoms with van der Waals surface area (Å²) in [6.45, 7) is 3.42. The number of halogens is 1. The molecule has 0 bridgehead atoms. The molecule has 0 saturated heterocycles. The molecule has 0 spiro atoms. The van der Waals surface area contributed by atoms with Crippen LogP contribution < -0.4 is 26.6 Å². The second-order valence-corrected chi connectivity index (χ2v) is 6.01. The molecule has 1 aromatic carbocycles. The third-order valence-electron chi connectivity index (χ3n) is 4.35. The predicted octanol–water partition coefficient (Wildman–Crippen LogP) is -0.635. The summed E-state index contributed by atoms with van der Waals surface area (Å²) in [5, 5.41) is 0. The van der Waals surface area contributed by atoms with Crippen molar-refractivity contribution in [3.05, 3.63) is 66.5 Å². The summed E-state index contributed by atoms with van der Waals surface area (Å²) in [4.78, 5) is 14.9. The van der Waals surface area contributed by atoms with Gasteiger partial charge in [-0.3, -0.25) is 9.69 Å². The molecule has 1 unspecified atom stereocenters. The fourth-order valence-electron chi connectivity index (χ4n) is 2.93. The summed E-state index contributed by atoms with van der Waals surface area (Å²) in [5.74, 6) is 0.783. The van der Waals surface area contributed by atoms with Crippen molar-refractivity contribution in [2.45, 2.75) is 19.5 Å². The number of carbonyl (C=O) groups is 1. The van der Waals surface area contributed by atoms with Crippen molar-refractivity contribution in [2.75, 3.05) is 25.2 Å². The zero-order chi connectivity index (χ0) is 17.6. The van der Waals surface area contributed by atoms with Gasteiger partial charge >= 0.3 is 0 Å². The van der Waals surface area contributed by atoms with E-state index in [2.05, 4.69) is 0 Å². The van der Waals surface area contributed by atoms with E-state index in [4.69, 9.17) is 9.47 Å². The number of hydrogen-bond acceptors (Lipinski definition) is 3. The molecule has 2 aromatic rings. The highest BCUT2D eigenvalue weighted by Crippen LogP contribution is 2.25. The van der Waals surface area contributed by atoms with Gasteiger partial charge in [-0.1, -0.05) is 12.1 Å². The van der Waals surface area contributed by atoms with Gasteiger partial charge in [-0.05, 0) is 36.8 Å². The highest BCUT2D eigenvalue weighted by atomic mass is 35.5. The summed E-state index contributed by atoms with van der Waals surface area (Å²) in [5.41, 5.74) is 1.99. The first-order valence-corrected chi connectivity index (χ1v) is 8.33. The van der Waals surface area contributed by atoms with Crippen molar-refractivity contribution in [2.24, 2.45) is 0 Å². The number of ether oxygens (including phenoxy) is 2. The predicted molar refractivity (Wildman–Crippen MR) is 95.5 cm³/mol. The van der Waals surface area contributed by atoms with Gasteiger partial charge < -0.3 is 21.9 Å². The molecular weight excluding hydrogens is 352 g/mol. The number of benzene rings is 1. The minimum absolute atomic E-state index is 0. The zero-order valence-electron chi connectivity index (χ0n) is 15.0. The molecule has 0 saturated carbocycles. The van der Waals surface area contributed by atoms with Gasteiger partial charge in [-0.2, -0.15) is 4.57 Å². The quantitative estimate of drug-likeness (QED) is 0.517. The molecule has 1 aliphatic heterocycles. The van der Waals surface area contributed by atoms with Crippen molar-refractivity contribution in [3.63, 3.8) is 0 Å². The van der Waals surface area contributed by atoms with Crippen LogP contribution in [-0.4, -0.2) is 32.3 Å². The van der Waals surface area contributed by atoms with E-state index in [1.54, 1.807) is 7.11 Å². The van der Waals surface area contributed by atoms with Gasteiger partial charge in [0.2, 0.25) is 6.54 Å². The lowest BCUT2D eigenvalue weighted by Crippen LogP contribution is -3.00. The SMILES string of the molecule is COc1ccc(N(C(=O)C[n+]2ccccc2)C2COCC=C2C)cc1.[Cl-]. The lowest BCUT2D eigenvalue weighted by atomic mass is 10.0. The summed E-state index contributed by atoms with van der Waals surface area (Å²) < 4.78 is 12.7. The van der Waals surface area contributed by atoms with Crippen molar-refractivity contribution >= 4 is 11.6 Å². The Morgan fingerprint density at radius 1 is 1.23 bits per heavy atom. The van der Waals surface area contributed by atoms with E-state index in [0.29, 0.717) is 13.2 Å². The molecular formula is C20H23ClN2O3. The van der Waals surface area contributed by atoms with Crippen LogP contribution in [0.5, 0.6) is 5.75 Å². The standard InChI is InChI=1S/C20H23N2O3.ClH/c1-16-10-13-25-15-19(16)22(17-6-8-18(24-2)9-7-17)20(23)14-21-11-4-3-5-12-21;/h3-12,19H,13-15H2,1-2H3;1H/q+1;/p-1. The van der Waals surface area contributed by atoms with E-state index in [9.17, 15) is 4.79 Å². The Morgan fingerprint density at radius 3 is 2.54 bits per heavy atom. The number of amides is 1. The molecule has 1 amide bonds. The number of carbonyl (C=O) groups excluding carboxylic acids is 1. The van der Waals surface area contributed by atoms with E-state index in [1.807, 2.05) is 77.3 Å². The highest BCUT2D eigenvalue weighted by molar-refractivity contribution is 5.93. The summed E-state index contributed by atoms with van der Waals surface area (Å²) >= 11 is 0. The first-order valence-electron chi connectivity index (χ1n) is 8.33. The first kappa shape index (κ1) is 19.9.